The monoisotopic (exact) mass is 363 g/mol. The number of aromatic hydroxyl groups is 1. The second-order valence-corrected chi connectivity index (χ2v) is 6.39. The van der Waals surface area contributed by atoms with E-state index in [1.165, 1.54) is 0 Å². The van der Waals surface area contributed by atoms with Crippen LogP contribution in [0.25, 0.3) is 0 Å². The molecule has 8 nitrogen and oxygen atoms in total. The van der Waals surface area contributed by atoms with Crippen LogP contribution in [0.2, 0.25) is 0 Å². The normalized spacial score (nSPS) is 20.5. The molecule has 2 saturated heterocycles. The van der Waals surface area contributed by atoms with E-state index in [4.69, 9.17) is 9.90 Å². The van der Waals surface area contributed by atoms with Gasteiger partial charge in [-0.3, -0.25) is 19.3 Å². The topological polar surface area (TPSA) is 110 Å². The van der Waals surface area contributed by atoms with E-state index in [0.29, 0.717) is 19.4 Å². The Kier molecular flexibility index (Phi) is 7.40. The maximum atomic E-state index is 12.5. The fourth-order valence-corrected chi connectivity index (χ4v) is 3.28. The third-order valence-corrected chi connectivity index (χ3v) is 4.51. The van der Waals surface area contributed by atoms with Crippen molar-refractivity contribution in [3.63, 3.8) is 0 Å². The van der Waals surface area contributed by atoms with Crippen LogP contribution in [0.15, 0.2) is 24.3 Å². The summed E-state index contributed by atoms with van der Waals surface area (Å²) < 4.78 is 0. The van der Waals surface area contributed by atoms with Crippen LogP contribution in [0.5, 0.6) is 5.75 Å². The number of hydrogen-bond acceptors (Lipinski definition) is 5. The van der Waals surface area contributed by atoms with Crippen LogP contribution >= 0.6 is 0 Å². The Morgan fingerprint density at radius 1 is 1.27 bits per heavy atom. The number of amides is 2. The van der Waals surface area contributed by atoms with Gasteiger partial charge in [0, 0.05) is 39.1 Å². The van der Waals surface area contributed by atoms with Crippen molar-refractivity contribution in [3.05, 3.63) is 29.8 Å². The molecule has 0 saturated carbocycles. The average molecular weight is 363 g/mol. The van der Waals surface area contributed by atoms with Gasteiger partial charge in [-0.25, -0.2) is 0 Å². The van der Waals surface area contributed by atoms with Crippen LogP contribution in [-0.2, 0) is 20.9 Å². The van der Waals surface area contributed by atoms with Crippen LogP contribution in [0.3, 0.4) is 0 Å². The van der Waals surface area contributed by atoms with Gasteiger partial charge in [0.15, 0.2) is 0 Å². The highest BCUT2D eigenvalue weighted by molar-refractivity contribution is 5.90. The maximum Gasteiger partial charge on any atom is 0.290 e. The molecule has 2 fully saturated rings. The summed E-state index contributed by atoms with van der Waals surface area (Å²) in [6.07, 6.45) is 1.99. The van der Waals surface area contributed by atoms with Crippen molar-refractivity contribution in [1.29, 1.82) is 0 Å². The molecule has 3 rings (SSSR count). The van der Waals surface area contributed by atoms with E-state index in [1.807, 2.05) is 17.0 Å². The SMILES string of the molecule is O=C1CC[C@@H](C(=O)N2CCCN(Cc3cccc(O)c3)CC2)N1.O=CO. The van der Waals surface area contributed by atoms with Crippen LogP contribution in [0.4, 0.5) is 0 Å². The van der Waals surface area contributed by atoms with Gasteiger partial charge in [-0.05, 0) is 30.5 Å². The molecule has 8 heteroatoms. The molecule has 0 aliphatic carbocycles. The lowest BCUT2D eigenvalue weighted by molar-refractivity contribution is -0.134. The van der Waals surface area contributed by atoms with Gasteiger partial charge < -0.3 is 20.4 Å². The minimum Gasteiger partial charge on any atom is -0.508 e. The Morgan fingerprint density at radius 2 is 2.04 bits per heavy atom. The van der Waals surface area contributed by atoms with Crippen molar-refractivity contribution >= 4 is 18.3 Å². The van der Waals surface area contributed by atoms with E-state index in [0.717, 1.165) is 38.2 Å². The fraction of sp³-hybridized carbons (Fsp3) is 0.500. The molecule has 2 aliphatic heterocycles. The summed E-state index contributed by atoms with van der Waals surface area (Å²) in [5, 5.41) is 19.2. The molecule has 0 unspecified atom stereocenters. The zero-order chi connectivity index (χ0) is 18.9. The fourth-order valence-electron chi connectivity index (χ4n) is 3.28. The molecule has 1 atom stereocenters. The number of phenolic OH excluding ortho intramolecular Hbond substituents is 1. The van der Waals surface area contributed by atoms with Gasteiger partial charge in [-0.2, -0.15) is 0 Å². The Morgan fingerprint density at radius 3 is 2.69 bits per heavy atom. The lowest BCUT2D eigenvalue weighted by atomic mass is 10.2. The van der Waals surface area contributed by atoms with Gasteiger partial charge in [0.2, 0.25) is 11.8 Å². The van der Waals surface area contributed by atoms with E-state index in [-0.39, 0.29) is 30.1 Å². The second kappa shape index (κ2) is 9.76. The van der Waals surface area contributed by atoms with Gasteiger partial charge >= 0.3 is 0 Å². The predicted molar refractivity (Wildman–Crippen MR) is 94.4 cm³/mol. The first kappa shape index (κ1) is 19.7. The Labute approximate surface area is 152 Å². The number of hydrogen-bond donors (Lipinski definition) is 3. The van der Waals surface area contributed by atoms with E-state index >= 15 is 0 Å². The molecule has 2 amide bonds. The predicted octanol–water partition coefficient (Wildman–Crippen LogP) is 0.406. The lowest BCUT2D eigenvalue weighted by Crippen LogP contribution is -2.45. The Bertz CT molecular complexity index is 637. The number of rotatable bonds is 3. The van der Waals surface area contributed by atoms with Crippen LogP contribution in [0.1, 0.15) is 24.8 Å². The summed E-state index contributed by atoms with van der Waals surface area (Å²) >= 11 is 0. The number of phenols is 1. The molecule has 0 bridgehead atoms. The summed E-state index contributed by atoms with van der Waals surface area (Å²) in [4.78, 5) is 36.3. The summed E-state index contributed by atoms with van der Waals surface area (Å²) in [6.45, 7) is 3.68. The van der Waals surface area contributed by atoms with Gasteiger partial charge in [-0.15, -0.1) is 0 Å². The van der Waals surface area contributed by atoms with E-state index < -0.39 is 0 Å². The van der Waals surface area contributed by atoms with Crippen molar-refractivity contribution in [2.45, 2.75) is 31.8 Å². The number of nitrogens with one attached hydrogen (secondary N) is 1. The van der Waals surface area contributed by atoms with Gasteiger partial charge in [-0.1, -0.05) is 12.1 Å². The third kappa shape index (κ3) is 5.73. The number of carbonyl (C=O) groups excluding carboxylic acids is 2. The van der Waals surface area contributed by atoms with Gasteiger partial charge in [0.1, 0.15) is 11.8 Å². The highest BCUT2D eigenvalue weighted by Crippen LogP contribution is 2.16. The first-order chi connectivity index (χ1) is 12.5. The molecular formula is C18H25N3O5. The van der Waals surface area contributed by atoms with Crippen molar-refractivity contribution < 1.29 is 24.6 Å². The Hall–Kier alpha value is -2.61. The van der Waals surface area contributed by atoms with Crippen molar-refractivity contribution in [1.82, 2.24) is 15.1 Å². The molecule has 3 N–H and O–H groups in total. The first-order valence-electron chi connectivity index (χ1n) is 8.69. The van der Waals surface area contributed by atoms with Gasteiger partial charge in [0.25, 0.3) is 6.47 Å². The highest BCUT2D eigenvalue weighted by Gasteiger charge is 2.31. The van der Waals surface area contributed by atoms with Crippen LogP contribution in [-0.4, -0.2) is 70.5 Å². The minimum atomic E-state index is -0.333. The van der Waals surface area contributed by atoms with Crippen LogP contribution in [0, 0.1) is 0 Å². The molecule has 142 valence electrons. The summed E-state index contributed by atoms with van der Waals surface area (Å²) in [5.41, 5.74) is 1.08. The largest absolute Gasteiger partial charge is 0.508 e. The van der Waals surface area contributed by atoms with E-state index in [9.17, 15) is 14.7 Å². The second-order valence-electron chi connectivity index (χ2n) is 6.39. The van der Waals surface area contributed by atoms with E-state index in [1.54, 1.807) is 12.1 Å². The zero-order valence-electron chi connectivity index (χ0n) is 14.6. The lowest BCUT2D eigenvalue weighted by Gasteiger charge is -2.24. The van der Waals surface area contributed by atoms with Crippen molar-refractivity contribution in [2.24, 2.45) is 0 Å². The molecule has 1 aromatic carbocycles. The van der Waals surface area contributed by atoms with E-state index in [2.05, 4.69) is 10.2 Å². The number of carbonyl (C=O) groups is 3. The number of benzene rings is 1. The highest BCUT2D eigenvalue weighted by atomic mass is 16.3. The summed E-state index contributed by atoms with van der Waals surface area (Å²) in [5.74, 6) is 0.310. The maximum absolute atomic E-state index is 12.5. The molecule has 0 radical (unpaired) electrons. The third-order valence-electron chi connectivity index (χ3n) is 4.51. The average Bonchev–Trinajstić information content (AvgIpc) is 2.90. The van der Waals surface area contributed by atoms with Crippen molar-refractivity contribution in [2.75, 3.05) is 26.2 Å². The molecule has 0 aromatic heterocycles. The van der Waals surface area contributed by atoms with Crippen molar-refractivity contribution in [3.8, 4) is 5.75 Å². The number of carboxylic acid groups (broad SMARTS) is 1. The summed E-state index contributed by atoms with van der Waals surface area (Å²) in [6, 6.07) is 6.97. The molecular weight excluding hydrogens is 338 g/mol. The summed E-state index contributed by atoms with van der Waals surface area (Å²) in [7, 11) is 0. The molecule has 2 heterocycles. The Balaban J connectivity index is 0.000000758. The number of nitrogens with zero attached hydrogens (tertiary/aromatic N) is 2. The molecule has 0 spiro atoms. The van der Waals surface area contributed by atoms with Crippen LogP contribution < -0.4 is 5.32 Å². The standard InChI is InChI=1S/C17H23N3O3.CH2O2/c21-14-4-1-3-13(11-14)12-19-7-2-8-20(10-9-19)17(23)15-5-6-16(22)18-15;2-1-3/h1,3-4,11,15,21H,2,5-10,12H2,(H,18,22);1H,(H,2,3)/t15-;/m0./s1. The van der Waals surface area contributed by atoms with Gasteiger partial charge in [0.05, 0.1) is 0 Å². The zero-order valence-corrected chi connectivity index (χ0v) is 14.6. The smallest absolute Gasteiger partial charge is 0.290 e. The minimum absolute atomic E-state index is 0.0244. The molecule has 1 aromatic rings. The quantitative estimate of drug-likeness (QED) is 0.671. The molecule has 2 aliphatic rings. The first-order valence-corrected chi connectivity index (χ1v) is 8.69. The molecule has 26 heavy (non-hydrogen) atoms.